The largest absolute Gasteiger partial charge is 0.356 e. The number of carbonyl (C=O) groups excluding carboxylic acids is 1. The standard InChI is InChI=1S/C17H34N2O/c1-13(2)8-6-4-5-7-11-19-17(20)15-9-10-16(18)14(3)12-15/h13-16H,4-12,18H2,1-3H3,(H,19,20). The van der Waals surface area contributed by atoms with Crippen molar-refractivity contribution in [1.82, 2.24) is 5.32 Å². The van der Waals surface area contributed by atoms with Crippen molar-refractivity contribution in [3.8, 4) is 0 Å². The van der Waals surface area contributed by atoms with E-state index in [0.29, 0.717) is 12.0 Å². The number of hydrogen-bond acceptors (Lipinski definition) is 2. The van der Waals surface area contributed by atoms with E-state index in [-0.39, 0.29) is 11.8 Å². The summed E-state index contributed by atoms with van der Waals surface area (Å²) >= 11 is 0. The molecule has 0 heterocycles. The quantitative estimate of drug-likeness (QED) is 0.670. The minimum atomic E-state index is 0.200. The fourth-order valence-corrected chi connectivity index (χ4v) is 3.04. The summed E-state index contributed by atoms with van der Waals surface area (Å²) in [7, 11) is 0. The van der Waals surface area contributed by atoms with Crippen molar-refractivity contribution < 1.29 is 4.79 Å². The maximum absolute atomic E-state index is 12.1. The lowest BCUT2D eigenvalue weighted by atomic mass is 9.79. The Morgan fingerprint density at radius 2 is 1.90 bits per heavy atom. The van der Waals surface area contributed by atoms with Gasteiger partial charge in [0, 0.05) is 18.5 Å². The third-order valence-electron chi connectivity index (χ3n) is 4.61. The van der Waals surface area contributed by atoms with Crippen LogP contribution < -0.4 is 11.1 Å². The summed E-state index contributed by atoms with van der Waals surface area (Å²) in [5.74, 6) is 1.75. The first-order chi connectivity index (χ1) is 9.50. The predicted octanol–water partition coefficient (Wildman–Crippen LogP) is 3.47. The Hall–Kier alpha value is -0.570. The number of unbranched alkanes of at least 4 members (excludes halogenated alkanes) is 3. The molecule has 0 aliphatic heterocycles. The van der Waals surface area contributed by atoms with Crippen LogP contribution in [-0.4, -0.2) is 18.5 Å². The smallest absolute Gasteiger partial charge is 0.223 e. The highest BCUT2D eigenvalue weighted by molar-refractivity contribution is 5.78. The van der Waals surface area contributed by atoms with Crippen LogP contribution in [0.2, 0.25) is 0 Å². The molecule has 1 amide bonds. The van der Waals surface area contributed by atoms with Gasteiger partial charge in [0.05, 0.1) is 0 Å². The third kappa shape index (κ3) is 6.74. The van der Waals surface area contributed by atoms with Crippen molar-refractivity contribution >= 4 is 5.91 Å². The molecule has 20 heavy (non-hydrogen) atoms. The highest BCUT2D eigenvalue weighted by Crippen LogP contribution is 2.27. The summed E-state index contributed by atoms with van der Waals surface area (Å²) in [5.41, 5.74) is 6.00. The molecule has 1 aliphatic rings. The molecule has 1 saturated carbocycles. The Morgan fingerprint density at radius 1 is 1.20 bits per heavy atom. The van der Waals surface area contributed by atoms with Gasteiger partial charge < -0.3 is 11.1 Å². The van der Waals surface area contributed by atoms with Gasteiger partial charge in [0.1, 0.15) is 0 Å². The van der Waals surface area contributed by atoms with E-state index in [2.05, 4.69) is 26.1 Å². The molecule has 1 fully saturated rings. The van der Waals surface area contributed by atoms with E-state index in [9.17, 15) is 4.79 Å². The predicted molar refractivity (Wildman–Crippen MR) is 85.4 cm³/mol. The van der Waals surface area contributed by atoms with Crippen molar-refractivity contribution in [3.63, 3.8) is 0 Å². The van der Waals surface area contributed by atoms with E-state index in [1.165, 1.54) is 25.7 Å². The molecule has 0 aromatic rings. The van der Waals surface area contributed by atoms with Crippen LogP contribution in [0.15, 0.2) is 0 Å². The Kier molecular flexibility index (Phi) is 8.20. The van der Waals surface area contributed by atoms with Crippen LogP contribution in [0.5, 0.6) is 0 Å². The molecule has 3 N–H and O–H groups in total. The van der Waals surface area contributed by atoms with E-state index < -0.39 is 0 Å². The lowest BCUT2D eigenvalue weighted by Crippen LogP contribution is -2.40. The molecule has 1 rings (SSSR count). The molecule has 1 aliphatic carbocycles. The van der Waals surface area contributed by atoms with Crippen LogP contribution in [0.3, 0.4) is 0 Å². The van der Waals surface area contributed by atoms with Crippen molar-refractivity contribution in [1.29, 1.82) is 0 Å². The zero-order valence-electron chi connectivity index (χ0n) is 13.7. The summed E-state index contributed by atoms with van der Waals surface area (Å²) < 4.78 is 0. The number of nitrogens with two attached hydrogens (primary N) is 1. The Balaban J connectivity index is 2.03. The number of nitrogens with one attached hydrogen (secondary N) is 1. The second kappa shape index (κ2) is 9.38. The molecular formula is C17H34N2O. The van der Waals surface area contributed by atoms with Gasteiger partial charge in [-0.3, -0.25) is 4.79 Å². The van der Waals surface area contributed by atoms with Crippen molar-refractivity contribution in [3.05, 3.63) is 0 Å². The minimum absolute atomic E-state index is 0.200. The van der Waals surface area contributed by atoms with Crippen LogP contribution in [0, 0.1) is 17.8 Å². The molecule has 3 atom stereocenters. The molecule has 0 aromatic heterocycles. The molecule has 0 spiro atoms. The number of carbonyl (C=O) groups is 1. The SMILES string of the molecule is CC(C)CCCCCCNC(=O)C1CCC(N)C(C)C1. The highest BCUT2D eigenvalue weighted by Gasteiger charge is 2.29. The maximum atomic E-state index is 12.1. The van der Waals surface area contributed by atoms with Gasteiger partial charge in [0.2, 0.25) is 5.91 Å². The van der Waals surface area contributed by atoms with Crippen molar-refractivity contribution in [2.45, 2.75) is 78.2 Å². The molecule has 0 bridgehead atoms. The van der Waals surface area contributed by atoms with Gasteiger partial charge in [-0.1, -0.05) is 46.5 Å². The molecule has 0 saturated heterocycles. The van der Waals surface area contributed by atoms with E-state index in [1.54, 1.807) is 0 Å². The van der Waals surface area contributed by atoms with Crippen LogP contribution >= 0.6 is 0 Å². The van der Waals surface area contributed by atoms with Gasteiger partial charge in [0.25, 0.3) is 0 Å². The zero-order chi connectivity index (χ0) is 15.0. The van der Waals surface area contributed by atoms with Crippen molar-refractivity contribution in [2.75, 3.05) is 6.54 Å². The van der Waals surface area contributed by atoms with Crippen LogP contribution in [0.1, 0.15) is 72.1 Å². The first kappa shape index (κ1) is 17.5. The lowest BCUT2D eigenvalue weighted by Gasteiger charge is -2.31. The second-order valence-electron chi connectivity index (χ2n) is 7.04. The summed E-state index contributed by atoms with van der Waals surface area (Å²) in [4.78, 5) is 12.1. The number of rotatable bonds is 8. The lowest BCUT2D eigenvalue weighted by molar-refractivity contribution is -0.126. The van der Waals surface area contributed by atoms with Crippen LogP contribution in [0.25, 0.3) is 0 Å². The van der Waals surface area contributed by atoms with Gasteiger partial charge in [-0.25, -0.2) is 0 Å². The summed E-state index contributed by atoms with van der Waals surface area (Å²) in [6, 6.07) is 0.292. The van der Waals surface area contributed by atoms with Gasteiger partial charge in [-0.15, -0.1) is 0 Å². The Morgan fingerprint density at radius 3 is 2.55 bits per heavy atom. The van der Waals surface area contributed by atoms with Gasteiger partial charge in [0.15, 0.2) is 0 Å². The van der Waals surface area contributed by atoms with Crippen LogP contribution in [-0.2, 0) is 4.79 Å². The minimum Gasteiger partial charge on any atom is -0.356 e. The summed E-state index contributed by atoms with van der Waals surface area (Å²) in [6.45, 7) is 7.56. The summed E-state index contributed by atoms with van der Waals surface area (Å²) in [6.07, 6.45) is 9.21. The molecule has 3 heteroatoms. The molecule has 0 radical (unpaired) electrons. The summed E-state index contributed by atoms with van der Waals surface area (Å²) in [5, 5.41) is 3.11. The highest BCUT2D eigenvalue weighted by atomic mass is 16.1. The average molecular weight is 282 g/mol. The third-order valence-corrected chi connectivity index (χ3v) is 4.61. The topological polar surface area (TPSA) is 55.1 Å². The molecular weight excluding hydrogens is 248 g/mol. The molecule has 118 valence electrons. The first-order valence-corrected chi connectivity index (χ1v) is 8.54. The Labute approximate surface area is 125 Å². The van der Waals surface area contributed by atoms with Gasteiger partial charge >= 0.3 is 0 Å². The van der Waals surface area contributed by atoms with E-state index in [0.717, 1.165) is 38.1 Å². The zero-order valence-corrected chi connectivity index (χ0v) is 13.7. The molecule has 0 aromatic carbocycles. The fraction of sp³-hybridized carbons (Fsp3) is 0.941. The monoisotopic (exact) mass is 282 g/mol. The molecule has 3 nitrogen and oxygen atoms in total. The molecule has 3 unspecified atom stereocenters. The average Bonchev–Trinajstić information content (AvgIpc) is 2.40. The normalized spacial score (nSPS) is 26.8. The van der Waals surface area contributed by atoms with Crippen molar-refractivity contribution in [2.24, 2.45) is 23.5 Å². The van der Waals surface area contributed by atoms with Gasteiger partial charge in [-0.2, -0.15) is 0 Å². The van der Waals surface area contributed by atoms with E-state index in [1.807, 2.05) is 0 Å². The van der Waals surface area contributed by atoms with Gasteiger partial charge in [-0.05, 0) is 37.5 Å². The maximum Gasteiger partial charge on any atom is 0.223 e. The van der Waals surface area contributed by atoms with E-state index >= 15 is 0 Å². The first-order valence-electron chi connectivity index (χ1n) is 8.54. The second-order valence-corrected chi connectivity index (χ2v) is 7.04. The number of hydrogen-bond donors (Lipinski definition) is 2. The van der Waals surface area contributed by atoms with E-state index in [4.69, 9.17) is 5.73 Å². The number of amides is 1. The fourth-order valence-electron chi connectivity index (χ4n) is 3.04. The van der Waals surface area contributed by atoms with Crippen LogP contribution in [0.4, 0.5) is 0 Å². The Bertz CT molecular complexity index is 278.